The molecule has 0 amide bonds. The standard InChI is InChI=1S/C19H22N2O4/c1-24-13-8-9-14(17(12-13)25-2)18(15-6-3-4-10-20-15)21-11-5-7-16(21)19(22)23/h3-4,6,8-10,12,16,18H,5,7,11H2,1-2H3,(H,22,23). The van der Waals surface area contributed by atoms with E-state index in [9.17, 15) is 9.90 Å². The molecular formula is C19H22N2O4. The highest BCUT2D eigenvalue weighted by Crippen LogP contribution is 2.39. The SMILES string of the molecule is COc1ccc(C(c2ccccn2)N2CCCC2C(=O)O)c(OC)c1. The van der Waals surface area contributed by atoms with Crippen molar-refractivity contribution < 1.29 is 19.4 Å². The Morgan fingerprint density at radius 3 is 2.76 bits per heavy atom. The second-order valence-electron chi connectivity index (χ2n) is 6.00. The lowest BCUT2D eigenvalue weighted by molar-refractivity contribution is -0.142. The van der Waals surface area contributed by atoms with Crippen molar-refractivity contribution >= 4 is 5.97 Å². The predicted molar refractivity (Wildman–Crippen MR) is 93.0 cm³/mol. The van der Waals surface area contributed by atoms with Crippen LogP contribution in [-0.4, -0.2) is 47.8 Å². The maximum absolute atomic E-state index is 11.7. The number of rotatable bonds is 6. The molecule has 6 nitrogen and oxygen atoms in total. The van der Waals surface area contributed by atoms with Crippen molar-refractivity contribution in [1.82, 2.24) is 9.88 Å². The molecule has 0 spiro atoms. The minimum absolute atomic E-state index is 0.286. The third kappa shape index (κ3) is 3.44. The number of pyridine rings is 1. The summed E-state index contributed by atoms with van der Waals surface area (Å²) in [6, 6.07) is 10.5. The van der Waals surface area contributed by atoms with E-state index >= 15 is 0 Å². The van der Waals surface area contributed by atoms with Gasteiger partial charge in [0, 0.05) is 24.4 Å². The molecular weight excluding hydrogens is 320 g/mol. The van der Waals surface area contributed by atoms with Crippen LogP contribution < -0.4 is 9.47 Å². The fraction of sp³-hybridized carbons (Fsp3) is 0.368. The lowest BCUT2D eigenvalue weighted by Gasteiger charge is -2.32. The smallest absolute Gasteiger partial charge is 0.320 e. The first-order chi connectivity index (χ1) is 12.2. The van der Waals surface area contributed by atoms with E-state index in [1.165, 1.54) is 0 Å². The van der Waals surface area contributed by atoms with E-state index in [0.29, 0.717) is 24.5 Å². The second-order valence-corrected chi connectivity index (χ2v) is 6.00. The van der Waals surface area contributed by atoms with E-state index < -0.39 is 12.0 Å². The summed E-state index contributed by atoms with van der Waals surface area (Å²) in [5.41, 5.74) is 1.69. The van der Waals surface area contributed by atoms with Gasteiger partial charge in [0.1, 0.15) is 17.5 Å². The summed E-state index contributed by atoms with van der Waals surface area (Å²) >= 11 is 0. The van der Waals surface area contributed by atoms with Crippen LogP contribution in [0.3, 0.4) is 0 Å². The Morgan fingerprint density at radius 2 is 2.12 bits per heavy atom. The van der Waals surface area contributed by atoms with Gasteiger partial charge in [-0.2, -0.15) is 0 Å². The summed E-state index contributed by atoms with van der Waals surface area (Å²) in [6.07, 6.45) is 3.21. The molecule has 2 atom stereocenters. The van der Waals surface area contributed by atoms with Crippen molar-refractivity contribution in [2.24, 2.45) is 0 Å². The zero-order valence-corrected chi connectivity index (χ0v) is 14.4. The van der Waals surface area contributed by atoms with E-state index in [4.69, 9.17) is 9.47 Å². The maximum Gasteiger partial charge on any atom is 0.320 e. The van der Waals surface area contributed by atoms with Crippen LogP contribution in [0.25, 0.3) is 0 Å². The van der Waals surface area contributed by atoms with Crippen molar-refractivity contribution in [1.29, 1.82) is 0 Å². The molecule has 132 valence electrons. The molecule has 0 aliphatic carbocycles. The van der Waals surface area contributed by atoms with E-state index in [1.807, 2.05) is 41.3 Å². The predicted octanol–water partition coefficient (Wildman–Crippen LogP) is 2.74. The summed E-state index contributed by atoms with van der Waals surface area (Å²) in [7, 11) is 3.21. The summed E-state index contributed by atoms with van der Waals surface area (Å²) in [6.45, 7) is 0.702. The van der Waals surface area contributed by atoms with E-state index in [-0.39, 0.29) is 6.04 Å². The number of carboxylic acids is 1. The van der Waals surface area contributed by atoms with Gasteiger partial charge in [-0.1, -0.05) is 6.07 Å². The highest BCUT2D eigenvalue weighted by molar-refractivity contribution is 5.74. The molecule has 3 rings (SSSR count). The Kier molecular flexibility index (Phi) is 5.19. The molecule has 25 heavy (non-hydrogen) atoms. The Morgan fingerprint density at radius 1 is 1.28 bits per heavy atom. The number of likely N-dealkylation sites (tertiary alicyclic amines) is 1. The van der Waals surface area contributed by atoms with Gasteiger partial charge in [-0.3, -0.25) is 14.7 Å². The monoisotopic (exact) mass is 342 g/mol. The van der Waals surface area contributed by atoms with Crippen molar-refractivity contribution in [3.05, 3.63) is 53.9 Å². The largest absolute Gasteiger partial charge is 0.497 e. The molecule has 1 aliphatic rings. The summed E-state index contributed by atoms with van der Waals surface area (Å²) in [5.74, 6) is 0.550. The van der Waals surface area contributed by atoms with Gasteiger partial charge in [0.2, 0.25) is 0 Å². The third-order valence-electron chi connectivity index (χ3n) is 4.61. The van der Waals surface area contributed by atoms with Crippen LogP contribution in [0.15, 0.2) is 42.6 Å². The van der Waals surface area contributed by atoms with Gasteiger partial charge in [-0.25, -0.2) is 0 Å². The normalized spacial score (nSPS) is 18.7. The molecule has 1 fully saturated rings. The number of benzene rings is 1. The van der Waals surface area contributed by atoms with E-state index in [2.05, 4.69) is 4.98 Å². The zero-order chi connectivity index (χ0) is 17.8. The number of methoxy groups -OCH3 is 2. The van der Waals surface area contributed by atoms with Crippen LogP contribution in [-0.2, 0) is 4.79 Å². The third-order valence-corrected chi connectivity index (χ3v) is 4.61. The molecule has 1 N–H and O–H groups in total. The second kappa shape index (κ2) is 7.53. The minimum atomic E-state index is -0.800. The molecule has 6 heteroatoms. The number of ether oxygens (including phenoxy) is 2. The number of hydrogen-bond donors (Lipinski definition) is 1. The van der Waals surface area contributed by atoms with Gasteiger partial charge in [0.05, 0.1) is 26.0 Å². The quantitative estimate of drug-likeness (QED) is 0.870. The van der Waals surface area contributed by atoms with Crippen molar-refractivity contribution in [3.63, 3.8) is 0 Å². The fourth-order valence-corrected chi connectivity index (χ4v) is 3.45. The maximum atomic E-state index is 11.7. The van der Waals surface area contributed by atoms with Crippen LogP contribution in [0.1, 0.15) is 30.1 Å². The molecule has 0 radical (unpaired) electrons. The average molecular weight is 342 g/mol. The van der Waals surface area contributed by atoms with Crippen molar-refractivity contribution in [2.75, 3.05) is 20.8 Å². The lowest BCUT2D eigenvalue weighted by Crippen LogP contribution is -2.39. The number of aliphatic carboxylic acids is 1. The Labute approximate surface area is 147 Å². The lowest BCUT2D eigenvalue weighted by atomic mass is 9.99. The van der Waals surface area contributed by atoms with E-state index in [0.717, 1.165) is 17.7 Å². The first-order valence-corrected chi connectivity index (χ1v) is 8.27. The van der Waals surface area contributed by atoms with Crippen molar-refractivity contribution in [3.8, 4) is 11.5 Å². The molecule has 2 heterocycles. The van der Waals surface area contributed by atoms with Crippen LogP contribution in [0.2, 0.25) is 0 Å². The molecule has 1 aliphatic heterocycles. The molecule has 0 saturated carbocycles. The number of nitrogens with zero attached hydrogens (tertiary/aromatic N) is 2. The first-order valence-electron chi connectivity index (χ1n) is 8.27. The Hall–Kier alpha value is -2.60. The van der Waals surface area contributed by atoms with Gasteiger partial charge in [0.15, 0.2) is 0 Å². The minimum Gasteiger partial charge on any atom is -0.497 e. The number of hydrogen-bond acceptors (Lipinski definition) is 5. The molecule has 1 saturated heterocycles. The topological polar surface area (TPSA) is 71.9 Å². The molecule has 1 aromatic heterocycles. The van der Waals surface area contributed by atoms with Crippen molar-refractivity contribution in [2.45, 2.75) is 24.9 Å². The van der Waals surface area contributed by atoms with Crippen LogP contribution in [0, 0.1) is 0 Å². The van der Waals surface area contributed by atoms with Crippen LogP contribution in [0.5, 0.6) is 11.5 Å². The Balaban J connectivity index is 2.11. The van der Waals surface area contributed by atoms with Gasteiger partial charge in [0.25, 0.3) is 0 Å². The van der Waals surface area contributed by atoms with Gasteiger partial charge >= 0.3 is 5.97 Å². The average Bonchev–Trinajstić information content (AvgIpc) is 3.12. The summed E-state index contributed by atoms with van der Waals surface area (Å²) in [4.78, 5) is 18.2. The van der Waals surface area contributed by atoms with E-state index in [1.54, 1.807) is 20.4 Å². The van der Waals surface area contributed by atoms with Crippen LogP contribution >= 0.6 is 0 Å². The molecule has 1 aromatic carbocycles. The highest BCUT2D eigenvalue weighted by Gasteiger charge is 2.38. The summed E-state index contributed by atoms with van der Waals surface area (Å²) in [5, 5.41) is 9.62. The first kappa shape index (κ1) is 17.2. The molecule has 2 aromatic rings. The fourth-order valence-electron chi connectivity index (χ4n) is 3.45. The van der Waals surface area contributed by atoms with Gasteiger partial charge in [-0.15, -0.1) is 0 Å². The zero-order valence-electron chi connectivity index (χ0n) is 14.4. The van der Waals surface area contributed by atoms with Gasteiger partial charge in [-0.05, 0) is 37.1 Å². The summed E-state index contributed by atoms with van der Waals surface area (Å²) < 4.78 is 10.8. The van der Waals surface area contributed by atoms with Gasteiger partial charge < -0.3 is 14.6 Å². The number of carboxylic acid groups (broad SMARTS) is 1. The number of carbonyl (C=O) groups is 1. The molecule has 2 unspecified atom stereocenters. The highest BCUT2D eigenvalue weighted by atomic mass is 16.5. The number of aromatic nitrogens is 1. The Bertz CT molecular complexity index is 735. The molecule has 0 bridgehead atoms. The van der Waals surface area contributed by atoms with Crippen LogP contribution in [0.4, 0.5) is 0 Å².